The average molecular weight is 264 g/mol. The van der Waals surface area contributed by atoms with E-state index in [2.05, 4.69) is 49.3 Å². The van der Waals surface area contributed by atoms with Crippen LogP contribution in [-0.2, 0) is 13.1 Å². The third-order valence-electron chi connectivity index (χ3n) is 2.77. The van der Waals surface area contributed by atoms with Crippen molar-refractivity contribution in [1.29, 1.82) is 0 Å². The molecule has 0 amide bonds. The van der Waals surface area contributed by atoms with Gasteiger partial charge in [0.2, 0.25) is 0 Å². The molecule has 0 aliphatic heterocycles. The molecule has 0 unspecified atom stereocenters. The van der Waals surface area contributed by atoms with Gasteiger partial charge in [-0.15, -0.1) is 11.3 Å². The van der Waals surface area contributed by atoms with Gasteiger partial charge in [0, 0.05) is 29.2 Å². The first-order chi connectivity index (χ1) is 8.54. The molecule has 2 aromatic rings. The van der Waals surface area contributed by atoms with Gasteiger partial charge in [-0.05, 0) is 13.8 Å². The van der Waals surface area contributed by atoms with Crippen LogP contribution in [-0.4, -0.2) is 20.8 Å². The van der Waals surface area contributed by atoms with E-state index in [-0.39, 0.29) is 0 Å². The molecule has 0 aliphatic carbocycles. The van der Waals surface area contributed by atoms with Crippen LogP contribution in [0.5, 0.6) is 0 Å². The smallest absolute Gasteiger partial charge is 0.115 e. The molecule has 0 radical (unpaired) electrons. The normalized spacial score (nSPS) is 11.4. The SMILES string of the molecule is Cc1nc(Cn2cc(CNC(C)C)cn2)sc1C. The molecule has 0 saturated heterocycles. The van der Waals surface area contributed by atoms with E-state index in [0.717, 1.165) is 23.8 Å². The Morgan fingerprint density at radius 3 is 2.78 bits per heavy atom. The molecule has 0 spiro atoms. The molecule has 2 aromatic heterocycles. The van der Waals surface area contributed by atoms with Crippen LogP contribution in [0.15, 0.2) is 12.4 Å². The first-order valence-corrected chi connectivity index (χ1v) is 7.04. The Balaban J connectivity index is 1.98. The molecule has 5 heteroatoms. The van der Waals surface area contributed by atoms with E-state index in [1.54, 1.807) is 11.3 Å². The van der Waals surface area contributed by atoms with Gasteiger partial charge >= 0.3 is 0 Å². The van der Waals surface area contributed by atoms with Gasteiger partial charge in [0.15, 0.2) is 0 Å². The molecule has 0 aromatic carbocycles. The van der Waals surface area contributed by atoms with Crippen LogP contribution >= 0.6 is 11.3 Å². The number of nitrogens with one attached hydrogen (secondary N) is 1. The summed E-state index contributed by atoms with van der Waals surface area (Å²) in [5.41, 5.74) is 2.34. The fourth-order valence-corrected chi connectivity index (χ4v) is 2.58. The van der Waals surface area contributed by atoms with Crippen LogP contribution in [0.1, 0.15) is 35.0 Å². The van der Waals surface area contributed by atoms with Crippen LogP contribution in [0, 0.1) is 13.8 Å². The lowest BCUT2D eigenvalue weighted by Gasteiger charge is -2.05. The van der Waals surface area contributed by atoms with E-state index in [9.17, 15) is 0 Å². The fourth-order valence-electron chi connectivity index (χ4n) is 1.65. The van der Waals surface area contributed by atoms with Crippen LogP contribution in [0.3, 0.4) is 0 Å². The van der Waals surface area contributed by atoms with E-state index in [4.69, 9.17) is 0 Å². The third-order valence-corrected chi connectivity index (χ3v) is 3.83. The second-order valence-electron chi connectivity index (χ2n) is 4.83. The Bertz CT molecular complexity index is 493. The van der Waals surface area contributed by atoms with Gasteiger partial charge in [0.25, 0.3) is 0 Å². The lowest BCUT2D eigenvalue weighted by Crippen LogP contribution is -2.21. The number of aryl methyl sites for hydroxylation is 2. The Morgan fingerprint density at radius 2 is 2.17 bits per heavy atom. The molecule has 2 rings (SSSR count). The van der Waals surface area contributed by atoms with E-state index in [1.807, 2.05) is 10.9 Å². The second kappa shape index (κ2) is 5.63. The zero-order valence-electron chi connectivity index (χ0n) is 11.4. The minimum absolute atomic E-state index is 0.498. The minimum Gasteiger partial charge on any atom is -0.310 e. The largest absolute Gasteiger partial charge is 0.310 e. The molecular formula is C13H20N4S. The molecule has 4 nitrogen and oxygen atoms in total. The Labute approximate surface area is 112 Å². The molecule has 0 atom stereocenters. The lowest BCUT2D eigenvalue weighted by molar-refractivity contribution is 0.588. The molecule has 0 fully saturated rings. The highest BCUT2D eigenvalue weighted by atomic mass is 32.1. The maximum Gasteiger partial charge on any atom is 0.115 e. The van der Waals surface area contributed by atoms with Crippen LogP contribution < -0.4 is 5.32 Å². The van der Waals surface area contributed by atoms with Crippen LogP contribution in [0.25, 0.3) is 0 Å². The van der Waals surface area contributed by atoms with Crippen LogP contribution in [0.4, 0.5) is 0 Å². The summed E-state index contributed by atoms with van der Waals surface area (Å²) in [6.45, 7) is 10.1. The number of hydrogen-bond acceptors (Lipinski definition) is 4. The Kier molecular flexibility index (Phi) is 4.14. The van der Waals surface area contributed by atoms with Crippen molar-refractivity contribution < 1.29 is 0 Å². The van der Waals surface area contributed by atoms with Gasteiger partial charge in [-0.2, -0.15) is 5.10 Å². The van der Waals surface area contributed by atoms with Crippen molar-refractivity contribution in [3.63, 3.8) is 0 Å². The van der Waals surface area contributed by atoms with Crippen molar-refractivity contribution in [2.45, 2.75) is 46.8 Å². The highest BCUT2D eigenvalue weighted by Gasteiger charge is 2.05. The number of aromatic nitrogens is 3. The van der Waals surface area contributed by atoms with Gasteiger partial charge in [-0.3, -0.25) is 4.68 Å². The Hall–Kier alpha value is -1.20. The average Bonchev–Trinajstić information content (AvgIpc) is 2.85. The van der Waals surface area contributed by atoms with Gasteiger partial charge in [-0.25, -0.2) is 4.98 Å². The topological polar surface area (TPSA) is 42.7 Å². The zero-order valence-corrected chi connectivity index (χ0v) is 12.2. The minimum atomic E-state index is 0.498. The summed E-state index contributed by atoms with van der Waals surface area (Å²) < 4.78 is 1.95. The van der Waals surface area contributed by atoms with Gasteiger partial charge in [0.05, 0.1) is 18.4 Å². The number of thiazole rings is 1. The summed E-state index contributed by atoms with van der Waals surface area (Å²) >= 11 is 1.75. The molecule has 98 valence electrons. The highest BCUT2D eigenvalue weighted by Crippen LogP contribution is 2.17. The van der Waals surface area contributed by atoms with Gasteiger partial charge in [0.1, 0.15) is 5.01 Å². The van der Waals surface area contributed by atoms with Crippen molar-refractivity contribution in [2.75, 3.05) is 0 Å². The van der Waals surface area contributed by atoms with Crippen molar-refractivity contribution in [3.8, 4) is 0 Å². The van der Waals surface area contributed by atoms with Crippen molar-refractivity contribution in [3.05, 3.63) is 33.5 Å². The standard InChI is InChI=1S/C13H20N4S/c1-9(2)14-5-12-6-15-17(7-12)8-13-16-10(3)11(4)18-13/h6-7,9,14H,5,8H2,1-4H3. The molecule has 0 aliphatic rings. The first-order valence-electron chi connectivity index (χ1n) is 6.22. The molecular weight excluding hydrogens is 244 g/mol. The number of nitrogens with zero attached hydrogens (tertiary/aromatic N) is 3. The first kappa shape index (κ1) is 13.2. The molecule has 0 bridgehead atoms. The van der Waals surface area contributed by atoms with E-state index >= 15 is 0 Å². The van der Waals surface area contributed by atoms with Crippen molar-refractivity contribution in [2.24, 2.45) is 0 Å². The van der Waals surface area contributed by atoms with E-state index < -0.39 is 0 Å². The molecule has 0 saturated carbocycles. The summed E-state index contributed by atoms with van der Waals surface area (Å²) in [6, 6.07) is 0.498. The second-order valence-corrected chi connectivity index (χ2v) is 6.12. The summed E-state index contributed by atoms with van der Waals surface area (Å²) in [5.74, 6) is 0. The van der Waals surface area contributed by atoms with E-state index in [0.29, 0.717) is 6.04 Å². The maximum atomic E-state index is 4.53. The number of rotatable bonds is 5. The molecule has 18 heavy (non-hydrogen) atoms. The molecule has 2 heterocycles. The lowest BCUT2D eigenvalue weighted by atomic mass is 10.3. The quantitative estimate of drug-likeness (QED) is 0.902. The van der Waals surface area contributed by atoms with Gasteiger partial charge in [-0.1, -0.05) is 13.8 Å². The van der Waals surface area contributed by atoms with Crippen LogP contribution in [0.2, 0.25) is 0 Å². The molecule has 1 N–H and O–H groups in total. The van der Waals surface area contributed by atoms with Gasteiger partial charge < -0.3 is 5.32 Å². The summed E-state index contributed by atoms with van der Waals surface area (Å²) in [4.78, 5) is 5.82. The monoisotopic (exact) mass is 264 g/mol. The predicted octanol–water partition coefficient (Wildman–Crippen LogP) is 2.50. The van der Waals surface area contributed by atoms with Crippen molar-refractivity contribution >= 4 is 11.3 Å². The Morgan fingerprint density at radius 1 is 1.39 bits per heavy atom. The van der Waals surface area contributed by atoms with E-state index in [1.165, 1.54) is 10.4 Å². The third kappa shape index (κ3) is 3.40. The summed E-state index contributed by atoms with van der Waals surface area (Å²) in [6.07, 6.45) is 4.00. The highest BCUT2D eigenvalue weighted by molar-refractivity contribution is 7.11. The maximum absolute atomic E-state index is 4.53. The summed E-state index contributed by atoms with van der Waals surface area (Å²) in [7, 11) is 0. The zero-order chi connectivity index (χ0) is 13.1. The summed E-state index contributed by atoms with van der Waals surface area (Å²) in [5, 5.41) is 8.88. The predicted molar refractivity (Wildman–Crippen MR) is 74.9 cm³/mol. The number of hydrogen-bond donors (Lipinski definition) is 1. The van der Waals surface area contributed by atoms with Crippen molar-refractivity contribution in [1.82, 2.24) is 20.1 Å². The fraction of sp³-hybridized carbons (Fsp3) is 0.538.